The summed E-state index contributed by atoms with van der Waals surface area (Å²) in [6, 6.07) is 10.1. The van der Waals surface area contributed by atoms with E-state index in [1.807, 2.05) is 51.1 Å². The molecule has 0 aliphatic carbocycles. The van der Waals surface area contributed by atoms with E-state index in [9.17, 15) is 4.79 Å². The van der Waals surface area contributed by atoms with Crippen LogP contribution >= 0.6 is 11.3 Å². The van der Waals surface area contributed by atoms with Gasteiger partial charge in [0.05, 0.1) is 0 Å². The number of hydrogen-bond acceptors (Lipinski definition) is 5. The average molecular weight is 345 g/mol. The third-order valence-corrected chi connectivity index (χ3v) is 5.02. The number of ether oxygens (including phenoxy) is 1. The SMILES string of the molecule is CC(C)(C)OC(=O)N1CCCC(c2nnc(-c3ccccc3)s2)C1. The highest BCUT2D eigenvalue weighted by Gasteiger charge is 2.30. The van der Waals surface area contributed by atoms with Crippen LogP contribution in [0, 0.1) is 0 Å². The van der Waals surface area contributed by atoms with Crippen molar-refractivity contribution in [3.05, 3.63) is 35.3 Å². The first-order valence-corrected chi connectivity index (χ1v) is 9.11. The number of piperidine rings is 1. The Bertz CT molecular complexity index is 694. The fourth-order valence-corrected chi connectivity index (χ4v) is 3.74. The summed E-state index contributed by atoms with van der Waals surface area (Å²) in [5.41, 5.74) is 0.619. The molecule has 0 saturated carbocycles. The number of nitrogens with zero attached hydrogens (tertiary/aromatic N) is 3. The van der Waals surface area contributed by atoms with Crippen LogP contribution in [0.4, 0.5) is 4.79 Å². The van der Waals surface area contributed by atoms with Crippen molar-refractivity contribution in [2.45, 2.75) is 45.1 Å². The van der Waals surface area contributed by atoms with E-state index in [1.165, 1.54) is 0 Å². The van der Waals surface area contributed by atoms with Gasteiger partial charge in [-0.1, -0.05) is 41.7 Å². The summed E-state index contributed by atoms with van der Waals surface area (Å²) >= 11 is 1.62. The van der Waals surface area contributed by atoms with Crippen LogP contribution in [0.5, 0.6) is 0 Å². The van der Waals surface area contributed by atoms with Crippen LogP contribution in [-0.4, -0.2) is 39.9 Å². The van der Waals surface area contributed by atoms with Crippen LogP contribution in [0.25, 0.3) is 10.6 Å². The van der Waals surface area contributed by atoms with Crippen LogP contribution in [0.1, 0.15) is 44.5 Å². The molecule has 1 atom stereocenters. The molecule has 0 bridgehead atoms. The minimum absolute atomic E-state index is 0.236. The second kappa shape index (κ2) is 6.89. The second-order valence-corrected chi connectivity index (χ2v) is 8.09. The zero-order valence-electron chi connectivity index (χ0n) is 14.4. The summed E-state index contributed by atoms with van der Waals surface area (Å²) in [5.74, 6) is 0.237. The molecule has 3 rings (SSSR count). The molecule has 0 spiro atoms. The summed E-state index contributed by atoms with van der Waals surface area (Å²) in [6.45, 7) is 7.07. The number of carbonyl (C=O) groups excluding carboxylic acids is 1. The molecule has 1 fully saturated rings. The summed E-state index contributed by atoms with van der Waals surface area (Å²) < 4.78 is 5.49. The molecule has 1 aliphatic heterocycles. The van der Waals surface area contributed by atoms with E-state index in [4.69, 9.17) is 4.74 Å². The molecule has 1 unspecified atom stereocenters. The Hall–Kier alpha value is -1.95. The van der Waals surface area contributed by atoms with Crippen molar-refractivity contribution in [1.29, 1.82) is 0 Å². The van der Waals surface area contributed by atoms with E-state index in [-0.39, 0.29) is 12.0 Å². The highest BCUT2D eigenvalue weighted by molar-refractivity contribution is 7.14. The van der Waals surface area contributed by atoms with Gasteiger partial charge in [0.15, 0.2) is 0 Å². The lowest BCUT2D eigenvalue weighted by Crippen LogP contribution is -2.42. The summed E-state index contributed by atoms with van der Waals surface area (Å²) in [7, 11) is 0. The van der Waals surface area contributed by atoms with Gasteiger partial charge in [-0.25, -0.2) is 4.79 Å². The number of rotatable bonds is 2. The standard InChI is InChI=1S/C18H23N3O2S/c1-18(2,3)23-17(22)21-11-7-10-14(12-21)16-20-19-15(24-16)13-8-5-4-6-9-13/h4-6,8-9,14H,7,10-12H2,1-3H3. The van der Waals surface area contributed by atoms with Crippen molar-refractivity contribution in [3.8, 4) is 10.6 Å². The average Bonchev–Trinajstić information content (AvgIpc) is 3.04. The highest BCUT2D eigenvalue weighted by atomic mass is 32.1. The quantitative estimate of drug-likeness (QED) is 0.813. The van der Waals surface area contributed by atoms with Crippen molar-refractivity contribution in [3.63, 3.8) is 0 Å². The molecule has 0 radical (unpaired) electrons. The van der Waals surface area contributed by atoms with Crippen LogP contribution in [0.3, 0.4) is 0 Å². The topological polar surface area (TPSA) is 55.3 Å². The van der Waals surface area contributed by atoms with Gasteiger partial charge in [-0.05, 0) is 33.6 Å². The molecule has 24 heavy (non-hydrogen) atoms. The van der Waals surface area contributed by atoms with Gasteiger partial charge in [0.2, 0.25) is 0 Å². The molecule has 1 aromatic carbocycles. The molecular formula is C18H23N3O2S. The lowest BCUT2D eigenvalue weighted by Gasteiger charge is -2.33. The molecule has 6 heteroatoms. The molecule has 128 valence electrons. The van der Waals surface area contributed by atoms with Gasteiger partial charge in [0, 0.05) is 24.6 Å². The number of amides is 1. The summed E-state index contributed by atoms with van der Waals surface area (Å²) in [4.78, 5) is 14.1. The fourth-order valence-electron chi connectivity index (χ4n) is 2.77. The zero-order chi connectivity index (χ0) is 17.2. The first kappa shape index (κ1) is 16.9. The van der Waals surface area contributed by atoms with Crippen LogP contribution in [0.2, 0.25) is 0 Å². The number of hydrogen-bond donors (Lipinski definition) is 0. The van der Waals surface area contributed by atoms with Gasteiger partial charge in [-0.15, -0.1) is 10.2 Å². The molecule has 1 aromatic heterocycles. The normalized spacial score (nSPS) is 18.5. The van der Waals surface area contributed by atoms with Crippen molar-refractivity contribution in [2.75, 3.05) is 13.1 Å². The Balaban J connectivity index is 1.69. The van der Waals surface area contributed by atoms with Crippen molar-refractivity contribution in [2.24, 2.45) is 0 Å². The highest BCUT2D eigenvalue weighted by Crippen LogP contribution is 2.33. The number of likely N-dealkylation sites (tertiary alicyclic amines) is 1. The molecule has 1 aliphatic rings. The predicted octanol–water partition coefficient (Wildman–Crippen LogP) is 4.32. The Morgan fingerprint density at radius 2 is 2.00 bits per heavy atom. The Kier molecular flexibility index (Phi) is 4.85. The van der Waals surface area contributed by atoms with Crippen molar-refractivity contribution in [1.82, 2.24) is 15.1 Å². The minimum Gasteiger partial charge on any atom is -0.444 e. The van der Waals surface area contributed by atoms with Gasteiger partial charge in [-0.3, -0.25) is 0 Å². The predicted molar refractivity (Wildman–Crippen MR) is 95.1 cm³/mol. The van der Waals surface area contributed by atoms with Crippen molar-refractivity contribution < 1.29 is 9.53 Å². The molecular weight excluding hydrogens is 322 g/mol. The van der Waals surface area contributed by atoms with Gasteiger partial charge in [-0.2, -0.15) is 0 Å². The smallest absolute Gasteiger partial charge is 0.410 e. The lowest BCUT2D eigenvalue weighted by atomic mass is 9.99. The van der Waals surface area contributed by atoms with Gasteiger partial charge in [0.1, 0.15) is 15.6 Å². The largest absolute Gasteiger partial charge is 0.444 e. The Labute approximate surface area is 146 Å². The fraction of sp³-hybridized carbons (Fsp3) is 0.500. The van der Waals surface area contributed by atoms with Gasteiger partial charge >= 0.3 is 6.09 Å². The maximum absolute atomic E-state index is 12.3. The number of benzene rings is 1. The summed E-state index contributed by atoms with van der Waals surface area (Å²) in [5, 5.41) is 10.6. The van der Waals surface area contributed by atoms with E-state index in [0.29, 0.717) is 6.54 Å². The zero-order valence-corrected chi connectivity index (χ0v) is 15.2. The monoisotopic (exact) mass is 345 g/mol. The molecule has 1 amide bonds. The lowest BCUT2D eigenvalue weighted by molar-refractivity contribution is 0.0198. The first-order valence-electron chi connectivity index (χ1n) is 8.29. The minimum atomic E-state index is -0.465. The van der Waals surface area contributed by atoms with E-state index >= 15 is 0 Å². The second-order valence-electron chi connectivity index (χ2n) is 7.08. The third kappa shape index (κ3) is 4.12. The van der Waals surface area contributed by atoms with Gasteiger partial charge in [0.25, 0.3) is 0 Å². The number of aromatic nitrogens is 2. The summed E-state index contributed by atoms with van der Waals surface area (Å²) in [6.07, 6.45) is 1.76. The number of carbonyl (C=O) groups is 1. The van der Waals surface area contributed by atoms with E-state index in [1.54, 1.807) is 16.2 Å². The first-order chi connectivity index (χ1) is 11.4. The van der Waals surface area contributed by atoms with Crippen molar-refractivity contribution >= 4 is 17.4 Å². The van der Waals surface area contributed by atoms with Crippen LogP contribution in [-0.2, 0) is 4.74 Å². The van der Waals surface area contributed by atoms with Crippen LogP contribution in [0.15, 0.2) is 30.3 Å². The van der Waals surface area contributed by atoms with E-state index in [0.717, 1.165) is 35.0 Å². The molecule has 5 nitrogen and oxygen atoms in total. The van der Waals surface area contributed by atoms with Gasteiger partial charge < -0.3 is 9.64 Å². The Morgan fingerprint density at radius 3 is 2.71 bits per heavy atom. The molecule has 0 N–H and O–H groups in total. The van der Waals surface area contributed by atoms with Crippen LogP contribution < -0.4 is 0 Å². The third-order valence-electron chi connectivity index (χ3n) is 3.88. The Morgan fingerprint density at radius 1 is 1.25 bits per heavy atom. The maximum atomic E-state index is 12.3. The van der Waals surface area contributed by atoms with E-state index in [2.05, 4.69) is 10.2 Å². The molecule has 2 aromatic rings. The molecule has 2 heterocycles. The van der Waals surface area contributed by atoms with E-state index < -0.39 is 5.60 Å². The maximum Gasteiger partial charge on any atom is 0.410 e. The molecule has 1 saturated heterocycles.